The molecule has 0 saturated carbocycles. The van der Waals surface area contributed by atoms with Crippen LogP contribution in [0.3, 0.4) is 0 Å². The second kappa shape index (κ2) is 6.76. The van der Waals surface area contributed by atoms with E-state index < -0.39 is 0 Å². The summed E-state index contributed by atoms with van der Waals surface area (Å²) in [4.78, 5) is 12.2. The molecule has 0 aliphatic heterocycles. The molecule has 0 aliphatic carbocycles. The van der Waals surface area contributed by atoms with E-state index >= 15 is 0 Å². The van der Waals surface area contributed by atoms with Crippen LogP contribution in [-0.2, 0) is 0 Å². The Hall–Kier alpha value is -2.44. The zero-order valence-electron chi connectivity index (χ0n) is 12.1. The number of ether oxygens (including phenoxy) is 1. The number of halogens is 1. The Kier molecular flexibility index (Phi) is 4.55. The molecule has 5 nitrogen and oxygen atoms in total. The van der Waals surface area contributed by atoms with E-state index in [1.54, 1.807) is 37.4 Å². The van der Waals surface area contributed by atoms with Crippen LogP contribution in [-0.4, -0.2) is 23.2 Å². The lowest BCUT2D eigenvalue weighted by Crippen LogP contribution is -2.11. The molecule has 0 atom stereocenters. The van der Waals surface area contributed by atoms with E-state index in [4.69, 9.17) is 16.3 Å². The number of nitrogens with zero attached hydrogens (tertiary/aromatic N) is 2. The molecule has 0 radical (unpaired) electrons. The maximum absolute atomic E-state index is 12.2. The van der Waals surface area contributed by atoms with E-state index in [0.29, 0.717) is 26.5 Å². The molecule has 116 valence electrons. The number of hydrogen-bond acceptors (Lipinski definition) is 5. The fourth-order valence-corrected chi connectivity index (χ4v) is 2.99. The molecule has 0 unspecified atom stereocenters. The van der Waals surface area contributed by atoms with E-state index in [0.717, 1.165) is 5.56 Å². The Morgan fingerprint density at radius 1 is 1.13 bits per heavy atom. The van der Waals surface area contributed by atoms with Gasteiger partial charge in [-0.25, -0.2) is 0 Å². The molecule has 3 rings (SSSR count). The Morgan fingerprint density at radius 3 is 2.57 bits per heavy atom. The molecule has 0 aliphatic rings. The number of methoxy groups -OCH3 is 1. The number of hydrogen-bond donors (Lipinski definition) is 1. The highest BCUT2D eigenvalue weighted by Crippen LogP contribution is 2.31. The van der Waals surface area contributed by atoms with Gasteiger partial charge in [0.1, 0.15) is 5.75 Å². The van der Waals surface area contributed by atoms with Crippen molar-refractivity contribution in [2.75, 3.05) is 12.4 Å². The minimum atomic E-state index is -0.255. The third-order valence-electron chi connectivity index (χ3n) is 3.10. The quantitative estimate of drug-likeness (QED) is 0.772. The minimum Gasteiger partial charge on any atom is -0.497 e. The maximum atomic E-state index is 12.2. The Labute approximate surface area is 141 Å². The monoisotopic (exact) mass is 345 g/mol. The normalized spacial score (nSPS) is 10.3. The van der Waals surface area contributed by atoms with Gasteiger partial charge >= 0.3 is 0 Å². The highest BCUT2D eigenvalue weighted by atomic mass is 35.5. The van der Waals surface area contributed by atoms with Gasteiger partial charge in [0.15, 0.2) is 5.01 Å². The summed E-state index contributed by atoms with van der Waals surface area (Å²) in [6, 6.07) is 14.2. The third kappa shape index (κ3) is 3.49. The maximum Gasteiger partial charge on any atom is 0.257 e. The lowest BCUT2D eigenvalue weighted by molar-refractivity contribution is 0.102. The van der Waals surface area contributed by atoms with Crippen molar-refractivity contribution >= 4 is 34.0 Å². The van der Waals surface area contributed by atoms with Gasteiger partial charge in [0.25, 0.3) is 5.91 Å². The summed E-state index contributed by atoms with van der Waals surface area (Å²) in [7, 11) is 1.58. The summed E-state index contributed by atoms with van der Waals surface area (Å²) >= 11 is 7.41. The molecule has 1 N–H and O–H groups in total. The van der Waals surface area contributed by atoms with Crippen LogP contribution in [0.4, 0.5) is 5.13 Å². The summed E-state index contributed by atoms with van der Waals surface area (Å²) < 4.78 is 5.07. The van der Waals surface area contributed by atoms with Crippen molar-refractivity contribution < 1.29 is 9.53 Å². The molecule has 7 heteroatoms. The molecule has 1 amide bonds. The molecular weight excluding hydrogens is 334 g/mol. The van der Waals surface area contributed by atoms with Gasteiger partial charge in [-0.15, -0.1) is 10.2 Å². The molecular formula is C16H12ClN3O2S. The second-order valence-electron chi connectivity index (χ2n) is 4.57. The van der Waals surface area contributed by atoms with Crippen LogP contribution < -0.4 is 10.1 Å². The first kappa shape index (κ1) is 15.5. The summed E-state index contributed by atoms with van der Waals surface area (Å²) in [5, 5.41) is 12.4. The predicted molar refractivity (Wildman–Crippen MR) is 91.3 cm³/mol. The first-order chi connectivity index (χ1) is 11.2. The fraction of sp³-hybridized carbons (Fsp3) is 0.0625. The molecule has 0 spiro atoms. The number of benzene rings is 2. The molecule has 0 fully saturated rings. The van der Waals surface area contributed by atoms with Gasteiger partial charge in [0.05, 0.1) is 12.1 Å². The van der Waals surface area contributed by atoms with Crippen molar-refractivity contribution in [3.8, 4) is 16.3 Å². The summed E-state index contributed by atoms with van der Waals surface area (Å²) in [6.45, 7) is 0. The third-order valence-corrected chi connectivity index (χ3v) is 4.30. The van der Waals surface area contributed by atoms with Gasteiger partial charge in [-0.1, -0.05) is 41.1 Å². The highest BCUT2D eigenvalue weighted by molar-refractivity contribution is 7.18. The van der Waals surface area contributed by atoms with Crippen LogP contribution in [0.1, 0.15) is 10.4 Å². The van der Waals surface area contributed by atoms with Crippen molar-refractivity contribution in [1.29, 1.82) is 0 Å². The van der Waals surface area contributed by atoms with Crippen molar-refractivity contribution in [3.05, 3.63) is 59.1 Å². The summed E-state index contributed by atoms with van der Waals surface area (Å²) in [5.74, 6) is 0.438. The topological polar surface area (TPSA) is 64.1 Å². The number of anilines is 1. The van der Waals surface area contributed by atoms with Crippen LogP contribution in [0.2, 0.25) is 5.02 Å². The second-order valence-corrected chi connectivity index (χ2v) is 5.96. The molecule has 0 bridgehead atoms. The first-order valence-electron chi connectivity index (χ1n) is 6.71. The molecule has 3 aromatic rings. The molecule has 1 aromatic heterocycles. The van der Waals surface area contributed by atoms with Crippen molar-refractivity contribution in [3.63, 3.8) is 0 Å². The van der Waals surface area contributed by atoms with Crippen LogP contribution >= 0.6 is 22.9 Å². The van der Waals surface area contributed by atoms with Crippen molar-refractivity contribution in [1.82, 2.24) is 10.2 Å². The van der Waals surface area contributed by atoms with E-state index in [2.05, 4.69) is 15.5 Å². The summed E-state index contributed by atoms with van der Waals surface area (Å²) in [5.41, 5.74) is 1.30. The number of aromatic nitrogens is 2. The van der Waals surface area contributed by atoms with Crippen LogP contribution in [0.15, 0.2) is 48.5 Å². The van der Waals surface area contributed by atoms with Crippen LogP contribution in [0.25, 0.3) is 10.6 Å². The van der Waals surface area contributed by atoms with E-state index in [-0.39, 0.29) is 5.91 Å². The first-order valence-corrected chi connectivity index (χ1v) is 7.90. The zero-order valence-corrected chi connectivity index (χ0v) is 13.7. The number of amides is 1. The Balaban J connectivity index is 1.76. The SMILES string of the molecule is COc1ccc(C(=O)Nc2nnc(-c3ccccc3Cl)s2)cc1. The lowest BCUT2D eigenvalue weighted by Gasteiger charge is -2.02. The Bertz CT molecular complexity index is 833. The standard InChI is InChI=1S/C16H12ClN3O2S/c1-22-11-8-6-10(7-9-11)14(21)18-16-20-19-15(23-16)12-4-2-3-5-13(12)17/h2-9H,1H3,(H,18,20,21). The number of carbonyl (C=O) groups is 1. The highest BCUT2D eigenvalue weighted by Gasteiger charge is 2.13. The molecule has 0 saturated heterocycles. The lowest BCUT2D eigenvalue weighted by atomic mass is 10.2. The van der Waals surface area contributed by atoms with E-state index in [9.17, 15) is 4.79 Å². The van der Waals surface area contributed by atoms with E-state index in [1.165, 1.54) is 11.3 Å². The number of rotatable bonds is 4. The summed E-state index contributed by atoms with van der Waals surface area (Å²) in [6.07, 6.45) is 0. The van der Waals surface area contributed by atoms with Crippen molar-refractivity contribution in [2.24, 2.45) is 0 Å². The van der Waals surface area contributed by atoms with Gasteiger partial charge < -0.3 is 4.74 Å². The molecule has 2 aromatic carbocycles. The largest absolute Gasteiger partial charge is 0.497 e. The van der Waals surface area contributed by atoms with E-state index in [1.807, 2.05) is 18.2 Å². The number of carbonyl (C=O) groups excluding carboxylic acids is 1. The molecule has 23 heavy (non-hydrogen) atoms. The smallest absolute Gasteiger partial charge is 0.257 e. The average molecular weight is 346 g/mol. The van der Waals surface area contributed by atoms with Gasteiger partial charge in [-0.3, -0.25) is 10.1 Å². The fourth-order valence-electron chi connectivity index (χ4n) is 1.93. The van der Waals surface area contributed by atoms with Crippen molar-refractivity contribution in [2.45, 2.75) is 0 Å². The van der Waals surface area contributed by atoms with Gasteiger partial charge in [0, 0.05) is 11.1 Å². The predicted octanol–water partition coefficient (Wildman–Crippen LogP) is 4.12. The minimum absolute atomic E-state index is 0.255. The van der Waals surface area contributed by atoms with Gasteiger partial charge in [-0.05, 0) is 30.3 Å². The van der Waals surface area contributed by atoms with Gasteiger partial charge in [0.2, 0.25) is 5.13 Å². The molecule has 1 heterocycles. The zero-order chi connectivity index (χ0) is 16.2. The van der Waals surface area contributed by atoms with Crippen LogP contribution in [0.5, 0.6) is 5.75 Å². The van der Waals surface area contributed by atoms with Crippen LogP contribution in [0, 0.1) is 0 Å². The average Bonchev–Trinajstić information content (AvgIpc) is 3.03. The Morgan fingerprint density at radius 2 is 1.87 bits per heavy atom. The number of nitrogens with one attached hydrogen (secondary N) is 1. The van der Waals surface area contributed by atoms with Gasteiger partial charge in [-0.2, -0.15) is 0 Å².